The largest absolute Gasteiger partial charge is 0.497 e. The Morgan fingerprint density at radius 2 is 1.90 bits per heavy atom. The highest BCUT2D eigenvalue weighted by molar-refractivity contribution is 5.74. The van der Waals surface area contributed by atoms with Crippen LogP contribution in [-0.4, -0.2) is 31.1 Å². The first kappa shape index (κ1) is 14.7. The maximum atomic E-state index is 12.1. The molecular weight excluding hydrogens is 252 g/mol. The predicted molar refractivity (Wildman–Crippen MR) is 79.9 cm³/mol. The summed E-state index contributed by atoms with van der Waals surface area (Å²) in [5.41, 5.74) is 1.08. The van der Waals surface area contributed by atoms with Crippen molar-refractivity contribution >= 4 is 6.03 Å². The third kappa shape index (κ3) is 3.89. The van der Waals surface area contributed by atoms with Crippen LogP contribution in [0.4, 0.5) is 4.79 Å². The van der Waals surface area contributed by atoms with E-state index in [-0.39, 0.29) is 6.03 Å². The fourth-order valence-electron chi connectivity index (χ4n) is 2.68. The molecule has 2 rings (SSSR count). The van der Waals surface area contributed by atoms with Gasteiger partial charge in [-0.3, -0.25) is 0 Å². The van der Waals surface area contributed by atoms with E-state index in [0.717, 1.165) is 24.2 Å². The lowest BCUT2D eigenvalue weighted by Crippen LogP contribution is -2.44. The van der Waals surface area contributed by atoms with Crippen LogP contribution in [0.3, 0.4) is 0 Å². The number of rotatable bonds is 4. The Balaban J connectivity index is 1.81. The van der Waals surface area contributed by atoms with Crippen molar-refractivity contribution in [2.45, 2.75) is 44.7 Å². The normalized spacial score (nSPS) is 15.7. The van der Waals surface area contributed by atoms with Crippen LogP contribution in [0.15, 0.2) is 24.3 Å². The summed E-state index contributed by atoms with van der Waals surface area (Å²) in [6.07, 6.45) is 6.04. The molecule has 1 fully saturated rings. The molecule has 0 radical (unpaired) electrons. The molecule has 0 heterocycles. The van der Waals surface area contributed by atoms with Gasteiger partial charge in [0.25, 0.3) is 0 Å². The van der Waals surface area contributed by atoms with Gasteiger partial charge >= 0.3 is 6.03 Å². The molecule has 1 aromatic rings. The average molecular weight is 276 g/mol. The monoisotopic (exact) mass is 276 g/mol. The van der Waals surface area contributed by atoms with Crippen molar-refractivity contribution in [3.05, 3.63) is 29.8 Å². The van der Waals surface area contributed by atoms with Crippen LogP contribution in [0, 0.1) is 0 Å². The Morgan fingerprint density at radius 3 is 2.50 bits per heavy atom. The summed E-state index contributed by atoms with van der Waals surface area (Å²) in [5, 5.41) is 2.98. The van der Waals surface area contributed by atoms with Crippen molar-refractivity contribution in [2.75, 3.05) is 14.2 Å². The van der Waals surface area contributed by atoms with E-state index in [1.165, 1.54) is 19.3 Å². The van der Waals surface area contributed by atoms with Gasteiger partial charge in [-0.25, -0.2) is 4.79 Å². The zero-order chi connectivity index (χ0) is 14.4. The fraction of sp³-hybridized carbons (Fsp3) is 0.562. The molecule has 1 saturated carbocycles. The lowest BCUT2D eigenvalue weighted by atomic mass is 9.95. The summed E-state index contributed by atoms with van der Waals surface area (Å²) in [4.78, 5) is 14.0. The summed E-state index contributed by atoms with van der Waals surface area (Å²) in [7, 11) is 3.55. The number of benzene rings is 1. The number of hydrogen-bond donors (Lipinski definition) is 1. The van der Waals surface area contributed by atoms with Crippen LogP contribution in [0.5, 0.6) is 5.75 Å². The topological polar surface area (TPSA) is 41.6 Å². The van der Waals surface area contributed by atoms with Crippen LogP contribution >= 0.6 is 0 Å². The first-order valence-electron chi connectivity index (χ1n) is 7.34. The number of methoxy groups -OCH3 is 1. The highest BCUT2D eigenvalue weighted by Crippen LogP contribution is 2.21. The van der Waals surface area contributed by atoms with E-state index < -0.39 is 0 Å². The molecule has 4 heteroatoms. The summed E-state index contributed by atoms with van der Waals surface area (Å²) in [6, 6.07) is 8.19. The van der Waals surface area contributed by atoms with Gasteiger partial charge in [0.1, 0.15) is 5.75 Å². The average Bonchev–Trinajstić information content (AvgIpc) is 2.53. The lowest BCUT2D eigenvalue weighted by molar-refractivity contribution is 0.173. The number of amides is 2. The van der Waals surface area contributed by atoms with Crippen LogP contribution in [0.25, 0.3) is 0 Å². The van der Waals surface area contributed by atoms with Crippen molar-refractivity contribution in [3.63, 3.8) is 0 Å². The minimum absolute atomic E-state index is 0.0210. The predicted octanol–water partition coefficient (Wildman–Crippen LogP) is 3.17. The first-order valence-corrected chi connectivity index (χ1v) is 7.34. The van der Waals surface area contributed by atoms with Crippen molar-refractivity contribution < 1.29 is 9.53 Å². The van der Waals surface area contributed by atoms with Crippen molar-refractivity contribution in [1.82, 2.24) is 10.2 Å². The smallest absolute Gasteiger partial charge is 0.317 e. The minimum atomic E-state index is 0.0210. The molecule has 0 saturated heterocycles. The number of carbonyl (C=O) groups excluding carboxylic acids is 1. The lowest BCUT2D eigenvalue weighted by Gasteiger charge is -2.31. The molecule has 0 spiro atoms. The van der Waals surface area contributed by atoms with Crippen LogP contribution in [0.1, 0.15) is 37.7 Å². The molecule has 2 amide bonds. The van der Waals surface area contributed by atoms with E-state index in [0.29, 0.717) is 12.6 Å². The molecule has 1 aromatic carbocycles. The minimum Gasteiger partial charge on any atom is -0.497 e. The Morgan fingerprint density at radius 1 is 1.25 bits per heavy atom. The highest BCUT2D eigenvalue weighted by Gasteiger charge is 2.21. The second-order valence-electron chi connectivity index (χ2n) is 5.41. The van der Waals surface area contributed by atoms with Crippen molar-refractivity contribution in [3.8, 4) is 5.75 Å². The van der Waals surface area contributed by atoms with Gasteiger partial charge in [-0.15, -0.1) is 0 Å². The van der Waals surface area contributed by atoms with E-state index in [2.05, 4.69) is 5.32 Å². The van der Waals surface area contributed by atoms with E-state index in [9.17, 15) is 4.79 Å². The molecule has 0 unspecified atom stereocenters. The zero-order valence-corrected chi connectivity index (χ0v) is 12.4. The summed E-state index contributed by atoms with van der Waals surface area (Å²) in [6.45, 7) is 0.555. The van der Waals surface area contributed by atoms with Crippen molar-refractivity contribution in [2.24, 2.45) is 0 Å². The van der Waals surface area contributed by atoms with E-state index in [4.69, 9.17) is 4.74 Å². The molecule has 4 nitrogen and oxygen atoms in total. The SMILES string of the molecule is COc1ccc(CNC(=O)N(C)C2CCCCC2)cc1. The number of urea groups is 1. The summed E-state index contributed by atoms with van der Waals surface area (Å²) < 4.78 is 5.12. The maximum absolute atomic E-state index is 12.1. The third-order valence-electron chi connectivity index (χ3n) is 4.05. The number of ether oxygens (including phenoxy) is 1. The van der Waals surface area contributed by atoms with Gasteiger partial charge in [-0.2, -0.15) is 0 Å². The van der Waals surface area contributed by atoms with Gasteiger partial charge in [0.05, 0.1) is 7.11 Å². The molecule has 110 valence electrons. The third-order valence-corrected chi connectivity index (χ3v) is 4.05. The van der Waals surface area contributed by atoms with E-state index in [1.807, 2.05) is 36.2 Å². The Kier molecular flexibility index (Phi) is 5.27. The summed E-state index contributed by atoms with van der Waals surface area (Å²) >= 11 is 0. The molecule has 1 aliphatic carbocycles. The molecule has 1 N–H and O–H groups in total. The number of carbonyl (C=O) groups is 1. The van der Waals surface area contributed by atoms with Crippen LogP contribution in [-0.2, 0) is 6.54 Å². The number of nitrogens with zero attached hydrogens (tertiary/aromatic N) is 1. The second-order valence-corrected chi connectivity index (χ2v) is 5.41. The Bertz CT molecular complexity index is 425. The first-order chi connectivity index (χ1) is 9.70. The molecule has 0 aromatic heterocycles. The summed E-state index contributed by atoms with van der Waals surface area (Å²) in [5.74, 6) is 0.833. The quantitative estimate of drug-likeness (QED) is 0.917. The molecule has 0 bridgehead atoms. The van der Waals surface area contributed by atoms with Crippen LogP contribution in [0.2, 0.25) is 0 Å². The van der Waals surface area contributed by atoms with Crippen LogP contribution < -0.4 is 10.1 Å². The Labute approximate surface area is 121 Å². The highest BCUT2D eigenvalue weighted by atomic mass is 16.5. The van der Waals surface area contributed by atoms with Gasteiger partial charge in [0.15, 0.2) is 0 Å². The molecular formula is C16H24N2O2. The van der Waals surface area contributed by atoms with Gasteiger partial charge in [-0.05, 0) is 30.5 Å². The fourth-order valence-corrected chi connectivity index (χ4v) is 2.68. The van der Waals surface area contributed by atoms with Gasteiger partial charge in [-0.1, -0.05) is 31.4 Å². The van der Waals surface area contributed by atoms with Crippen molar-refractivity contribution in [1.29, 1.82) is 0 Å². The molecule has 0 atom stereocenters. The Hall–Kier alpha value is -1.71. The maximum Gasteiger partial charge on any atom is 0.317 e. The van der Waals surface area contributed by atoms with Gasteiger partial charge in [0, 0.05) is 19.6 Å². The molecule has 0 aliphatic heterocycles. The molecule has 1 aliphatic rings. The number of nitrogens with one attached hydrogen (secondary N) is 1. The molecule has 20 heavy (non-hydrogen) atoms. The van der Waals surface area contributed by atoms with E-state index >= 15 is 0 Å². The number of hydrogen-bond acceptors (Lipinski definition) is 2. The standard InChI is InChI=1S/C16H24N2O2/c1-18(14-6-4-3-5-7-14)16(19)17-12-13-8-10-15(20-2)11-9-13/h8-11,14H,3-7,12H2,1-2H3,(H,17,19). The second kappa shape index (κ2) is 7.17. The van der Waals surface area contributed by atoms with E-state index in [1.54, 1.807) is 7.11 Å². The zero-order valence-electron chi connectivity index (χ0n) is 12.4. The van der Waals surface area contributed by atoms with Gasteiger partial charge < -0.3 is 15.0 Å². The van der Waals surface area contributed by atoms with Gasteiger partial charge in [0.2, 0.25) is 0 Å².